The Morgan fingerprint density at radius 2 is 2.10 bits per heavy atom. The third-order valence-corrected chi connectivity index (χ3v) is 2.68. The molecule has 0 aliphatic rings. The van der Waals surface area contributed by atoms with E-state index in [1.165, 1.54) is 25.4 Å². The van der Waals surface area contributed by atoms with E-state index in [1.807, 2.05) is 0 Å². The number of rotatable bonds is 3. The maximum atomic E-state index is 13.4. The number of halogens is 1. The van der Waals surface area contributed by atoms with E-state index in [0.29, 0.717) is 5.56 Å². The number of aromatic nitrogens is 1. The number of anilines is 1. The predicted molar refractivity (Wildman–Crippen MR) is 71.2 cm³/mol. The molecule has 6 heteroatoms. The fraction of sp³-hybridized carbons (Fsp3) is 0.143. The molecule has 0 atom stereocenters. The zero-order chi connectivity index (χ0) is 14.7. The number of carbonyl (C=O) groups excluding carboxylic acids is 1. The number of hydrogen-bond acceptors (Lipinski definition) is 5. The quantitative estimate of drug-likeness (QED) is 0.872. The van der Waals surface area contributed by atoms with Crippen LogP contribution in [0.15, 0.2) is 30.5 Å². The number of methoxy groups -OCH3 is 1. The van der Waals surface area contributed by atoms with Gasteiger partial charge in [-0.25, -0.2) is 14.2 Å². The number of ether oxygens (including phenoxy) is 2. The molecule has 0 spiro atoms. The van der Waals surface area contributed by atoms with Crippen molar-refractivity contribution in [2.45, 2.75) is 6.92 Å². The van der Waals surface area contributed by atoms with Crippen LogP contribution >= 0.6 is 0 Å². The molecule has 20 heavy (non-hydrogen) atoms. The molecule has 5 nitrogen and oxygen atoms in total. The molecule has 0 amide bonds. The van der Waals surface area contributed by atoms with Crippen molar-refractivity contribution >= 4 is 11.7 Å². The molecule has 2 rings (SSSR count). The second kappa shape index (κ2) is 5.56. The Labute approximate surface area is 115 Å². The van der Waals surface area contributed by atoms with Crippen LogP contribution in [0.3, 0.4) is 0 Å². The minimum atomic E-state index is -0.593. The largest absolute Gasteiger partial charge is 0.465 e. The van der Waals surface area contributed by atoms with Crippen LogP contribution < -0.4 is 10.5 Å². The van der Waals surface area contributed by atoms with Gasteiger partial charge in [-0.15, -0.1) is 0 Å². The minimum absolute atomic E-state index is 0.128. The van der Waals surface area contributed by atoms with Crippen LogP contribution in [0.25, 0.3) is 0 Å². The van der Waals surface area contributed by atoms with Crippen LogP contribution in [-0.2, 0) is 4.74 Å². The van der Waals surface area contributed by atoms with E-state index >= 15 is 0 Å². The van der Waals surface area contributed by atoms with Crippen molar-refractivity contribution in [3.05, 3.63) is 47.4 Å². The van der Waals surface area contributed by atoms with Gasteiger partial charge in [-0.3, -0.25) is 0 Å². The summed E-state index contributed by atoms with van der Waals surface area (Å²) in [6.07, 6.45) is 1.28. The van der Waals surface area contributed by atoms with Gasteiger partial charge >= 0.3 is 5.97 Å². The molecule has 0 radical (unpaired) electrons. The summed E-state index contributed by atoms with van der Waals surface area (Å²) in [5, 5.41) is 0. The molecular weight excluding hydrogens is 263 g/mol. The van der Waals surface area contributed by atoms with E-state index < -0.39 is 5.97 Å². The lowest BCUT2D eigenvalue weighted by Gasteiger charge is -2.08. The number of esters is 1. The molecule has 0 bridgehead atoms. The Morgan fingerprint density at radius 3 is 2.75 bits per heavy atom. The second-order valence-electron chi connectivity index (χ2n) is 4.11. The summed E-state index contributed by atoms with van der Waals surface area (Å²) in [6, 6.07) is 5.78. The average Bonchev–Trinajstić information content (AvgIpc) is 2.44. The molecule has 1 heterocycles. The smallest absolute Gasteiger partial charge is 0.340 e. The number of benzene rings is 1. The van der Waals surface area contributed by atoms with Crippen molar-refractivity contribution in [1.82, 2.24) is 4.98 Å². The number of pyridine rings is 1. The molecule has 0 aliphatic heterocycles. The van der Waals surface area contributed by atoms with Gasteiger partial charge in [0.2, 0.25) is 5.88 Å². The number of carbonyl (C=O) groups is 1. The van der Waals surface area contributed by atoms with Crippen LogP contribution in [0.1, 0.15) is 15.9 Å². The maximum absolute atomic E-state index is 13.4. The lowest BCUT2D eigenvalue weighted by Crippen LogP contribution is -2.06. The summed E-state index contributed by atoms with van der Waals surface area (Å²) in [4.78, 5) is 15.4. The van der Waals surface area contributed by atoms with Crippen LogP contribution in [0, 0.1) is 12.7 Å². The van der Waals surface area contributed by atoms with Crippen LogP contribution in [0.4, 0.5) is 10.1 Å². The summed E-state index contributed by atoms with van der Waals surface area (Å²) in [7, 11) is 1.25. The Hall–Kier alpha value is -2.63. The molecular formula is C14H13FN2O3. The topological polar surface area (TPSA) is 74.4 Å². The Balaban J connectivity index is 2.29. The highest BCUT2D eigenvalue weighted by atomic mass is 19.1. The monoisotopic (exact) mass is 276 g/mol. The summed E-state index contributed by atoms with van der Waals surface area (Å²) >= 11 is 0. The molecule has 2 aromatic rings. The van der Waals surface area contributed by atoms with Crippen LogP contribution in [0.5, 0.6) is 11.6 Å². The van der Waals surface area contributed by atoms with Crippen molar-refractivity contribution in [2.24, 2.45) is 0 Å². The van der Waals surface area contributed by atoms with E-state index in [1.54, 1.807) is 19.1 Å². The van der Waals surface area contributed by atoms with E-state index in [4.69, 9.17) is 10.5 Å². The Kier molecular flexibility index (Phi) is 3.84. The maximum Gasteiger partial charge on any atom is 0.340 e. The average molecular weight is 276 g/mol. The van der Waals surface area contributed by atoms with Crippen molar-refractivity contribution in [3.8, 4) is 11.6 Å². The highest BCUT2D eigenvalue weighted by Crippen LogP contribution is 2.24. The van der Waals surface area contributed by atoms with Crippen molar-refractivity contribution < 1.29 is 18.7 Å². The summed E-state index contributed by atoms with van der Waals surface area (Å²) in [5.41, 5.74) is 6.46. The third kappa shape index (κ3) is 2.85. The van der Waals surface area contributed by atoms with E-state index in [2.05, 4.69) is 9.72 Å². The normalized spacial score (nSPS) is 10.2. The van der Waals surface area contributed by atoms with Crippen molar-refractivity contribution in [1.29, 1.82) is 0 Å². The SMILES string of the molecule is COC(=O)c1cc(Oc2ccc(C)c(F)c2)ncc1N. The number of nitrogens with two attached hydrogens (primary N) is 1. The lowest BCUT2D eigenvalue weighted by atomic mass is 10.2. The predicted octanol–water partition coefficient (Wildman–Crippen LogP) is 2.69. The highest BCUT2D eigenvalue weighted by Gasteiger charge is 2.13. The first-order valence-corrected chi connectivity index (χ1v) is 5.79. The molecule has 0 saturated carbocycles. The number of nitrogen functional groups attached to an aromatic ring is 1. The Morgan fingerprint density at radius 1 is 1.35 bits per heavy atom. The summed E-state index contributed by atoms with van der Waals surface area (Å²) < 4.78 is 23.4. The summed E-state index contributed by atoms with van der Waals surface area (Å²) in [6.45, 7) is 1.65. The molecule has 1 aromatic heterocycles. The first-order valence-electron chi connectivity index (χ1n) is 5.79. The lowest BCUT2D eigenvalue weighted by molar-refractivity contribution is 0.0601. The number of aryl methyl sites for hydroxylation is 1. The molecule has 1 aromatic carbocycles. The van der Waals surface area contributed by atoms with Gasteiger partial charge in [0, 0.05) is 12.1 Å². The van der Waals surface area contributed by atoms with Gasteiger partial charge in [-0.05, 0) is 18.6 Å². The van der Waals surface area contributed by atoms with Gasteiger partial charge in [0.05, 0.1) is 24.6 Å². The van der Waals surface area contributed by atoms with Gasteiger partial charge in [0.25, 0.3) is 0 Å². The first kappa shape index (κ1) is 13.8. The molecule has 0 aliphatic carbocycles. The van der Waals surface area contributed by atoms with E-state index in [0.717, 1.165) is 0 Å². The van der Waals surface area contributed by atoms with Crippen LogP contribution in [-0.4, -0.2) is 18.1 Å². The summed E-state index contributed by atoms with van der Waals surface area (Å²) in [5.74, 6) is -0.569. The van der Waals surface area contributed by atoms with Crippen LogP contribution in [0.2, 0.25) is 0 Å². The van der Waals surface area contributed by atoms with Crippen molar-refractivity contribution in [2.75, 3.05) is 12.8 Å². The molecule has 104 valence electrons. The van der Waals surface area contributed by atoms with Gasteiger partial charge in [-0.1, -0.05) is 6.07 Å². The zero-order valence-electron chi connectivity index (χ0n) is 11.0. The van der Waals surface area contributed by atoms with E-state index in [9.17, 15) is 9.18 Å². The third-order valence-electron chi connectivity index (χ3n) is 2.68. The Bertz CT molecular complexity index is 659. The number of nitrogens with zero attached hydrogens (tertiary/aromatic N) is 1. The fourth-order valence-electron chi connectivity index (χ4n) is 1.55. The standard InChI is InChI=1S/C14H13FN2O3/c1-8-3-4-9(5-11(8)15)20-13-6-10(14(18)19-2)12(16)7-17-13/h3-7H,16H2,1-2H3. The van der Waals surface area contributed by atoms with E-state index in [-0.39, 0.29) is 28.7 Å². The van der Waals surface area contributed by atoms with Gasteiger partial charge in [0.15, 0.2) is 0 Å². The molecule has 2 N–H and O–H groups in total. The fourth-order valence-corrected chi connectivity index (χ4v) is 1.55. The van der Waals surface area contributed by atoms with Crippen molar-refractivity contribution in [3.63, 3.8) is 0 Å². The molecule has 0 fully saturated rings. The van der Waals surface area contributed by atoms with Gasteiger partial charge in [0.1, 0.15) is 11.6 Å². The van der Waals surface area contributed by atoms with Gasteiger partial charge in [-0.2, -0.15) is 0 Å². The highest BCUT2D eigenvalue weighted by molar-refractivity contribution is 5.95. The molecule has 0 unspecified atom stereocenters. The molecule has 0 saturated heterocycles. The minimum Gasteiger partial charge on any atom is -0.465 e. The zero-order valence-corrected chi connectivity index (χ0v) is 11.0. The van der Waals surface area contributed by atoms with Gasteiger partial charge < -0.3 is 15.2 Å². The second-order valence-corrected chi connectivity index (χ2v) is 4.11. The first-order chi connectivity index (χ1) is 9.51. The number of hydrogen-bond donors (Lipinski definition) is 1.